The fourth-order valence-electron chi connectivity index (χ4n) is 4.38. The summed E-state index contributed by atoms with van der Waals surface area (Å²) in [6.45, 7) is 2.45. The molecule has 0 aliphatic carbocycles. The van der Waals surface area contributed by atoms with E-state index in [0.29, 0.717) is 43.2 Å². The maximum Gasteiger partial charge on any atom is 0.270 e. The molecule has 10 heteroatoms. The van der Waals surface area contributed by atoms with E-state index in [0.717, 1.165) is 46.3 Å². The smallest absolute Gasteiger partial charge is 0.270 e. The number of carbonyl (C=O) groups excluding carboxylic acids is 1. The second-order valence-electron chi connectivity index (χ2n) is 9.28. The molecular formula is C31H36N4O5S. The second kappa shape index (κ2) is 15.0. The van der Waals surface area contributed by atoms with E-state index in [1.807, 2.05) is 60.0 Å². The molecule has 2 heterocycles. The third-order valence-corrected chi connectivity index (χ3v) is 7.42. The van der Waals surface area contributed by atoms with Crippen molar-refractivity contribution in [2.75, 3.05) is 41.5 Å². The van der Waals surface area contributed by atoms with Crippen molar-refractivity contribution in [2.45, 2.75) is 25.9 Å². The number of pyridine rings is 1. The molecule has 2 aromatic carbocycles. The normalized spacial score (nSPS) is 10.9. The van der Waals surface area contributed by atoms with Crippen molar-refractivity contribution in [3.8, 4) is 23.0 Å². The van der Waals surface area contributed by atoms with Gasteiger partial charge in [-0.05, 0) is 42.3 Å². The lowest BCUT2D eigenvalue weighted by Crippen LogP contribution is -2.27. The SMILES string of the molecule is COc1ccc(CN(CCc2ccc(OC)c(OC)c2)Cc2nc(C(=O)NCCc3ccccn3)cs2)c(OC)c1. The standard InChI is InChI=1S/C31H36N4O5S/c1-37-25-10-9-23(28(18-25)39-3)19-35(16-13-22-8-11-27(38-2)29(17-22)40-4)20-30-34-26(21-41-30)31(36)33-15-12-24-7-5-6-14-32-24/h5-11,14,17-18,21H,12-13,15-16,19-20H2,1-4H3,(H,33,36). The minimum absolute atomic E-state index is 0.183. The van der Waals surface area contributed by atoms with Crippen LogP contribution in [0, 0.1) is 0 Å². The Labute approximate surface area is 245 Å². The summed E-state index contributed by atoms with van der Waals surface area (Å²) in [7, 11) is 6.56. The number of amides is 1. The first-order valence-corrected chi connectivity index (χ1v) is 14.2. The van der Waals surface area contributed by atoms with E-state index in [2.05, 4.69) is 20.2 Å². The number of carbonyl (C=O) groups is 1. The van der Waals surface area contributed by atoms with Crippen LogP contribution in [0.4, 0.5) is 0 Å². The Hall–Kier alpha value is -4.15. The lowest BCUT2D eigenvalue weighted by molar-refractivity contribution is 0.0949. The van der Waals surface area contributed by atoms with E-state index in [9.17, 15) is 4.79 Å². The molecule has 2 aromatic heterocycles. The second-order valence-corrected chi connectivity index (χ2v) is 10.2. The molecule has 0 atom stereocenters. The maximum atomic E-state index is 12.7. The third kappa shape index (κ3) is 8.42. The number of thiazole rings is 1. The van der Waals surface area contributed by atoms with Gasteiger partial charge >= 0.3 is 0 Å². The highest BCUT2D eigenvalue weighted by molar-refractivity contribution is 7.09. The number of aromatic nitrogens is 2. The molecule has 216 valence electrons. The largest absolute Gasteiger partial charge is 0.497 e. The van der Waals surface area contributed by atoms with Gasteiger partial charge in [-0.1, -0.05) is 18.2 Å². The summed E-state index contributed by atoms with van der Waals surface area (Å²) in [5.41, 5.74) is 3.52. The molecule has 0 fully saturated rings. The lowest BCUT2D eigenvalue weighted by atomic mass is 10.1. The molecule has 41 heavy (non-hydrogen) atoms. The van der Waals surface area contributed by atoms with E-state index < -0.39 is 0 Å². The van der Waals surface area contributed by atoms with Gasteiger partial charge in [0.25, 0.3) is 5.91 Å². The maximum absolute atomic E-state index is 12.7. The van der Waals surface area contributed by atoms with Crippen LogP contribution in [-0.2, 0) is 25.9 Å². The van der Waals surface area contributed by atoms with Crippen LogP contribution < -0.4 is 24.3 Å². The molecule has 0 radical (unpaired) electrons. The van der Waals surface area contributed by atoms with Gasteiger partial charge in [-0.3, -0.25) is 14.7 Å². The third-order valence-electron chi connectivity index (χ3n) is 6.59. The van der Waals surface area contributed by atoms with Crippen molar-refractivity contribution >= 4 is 17.2 Å². The molecule has 0 aliphatic heterocycles. The minimum Gasteiger partial charge on any atom is -0.497 e. The van der Waals surface area contributed by atoms with Gasteiger partial charge in [0.05, 0.1) is 35.0 Å². The number of ether oxygens (including phenoxy) is 4. The number of nitrogens with one attached hydrogen (secondary N) is 1. The van der Waals surface area contributed by atoms with E-state index in [1.54, 1.807) is 34.6 Å². The summed E-state index contributed by atoms with van der Waals surface area (Å²) in [6.07, 6.45) is 3.20. The molecule has 0 saturated heterocycles. The van der Waals surface area contributed by atoms with Gasteiger partial charge < -0.3 is 24.3 Å². The zero-order valence-corrected chi connectivity index (χ0v) is 24.7. The first kappa shape index (κ1) is 29.8. The summed E-state index contributed by atoms with van der Waals surface area (Å²) in [5, 5.41) is 5.62. The molecule has 0 spiro atoms. The van der Waals surface area contributed by atoms with Crippen molar-refractivity contribution in [2.24, 2.45) is 0 Å². The summed E-state index contributed by atoms with van der Waals surface area (Å²) < 4.78 is 21.9. The number of methoxy groups -OCH3 is 4. The fourth-order valence-corrected chi connectivity index (χ4v) is 5.20. The molecule has 0 unspecified atom stereocenters. The zero-order chi connectivity index (χ0) is 29.0. The summed E-state index contributed by atoms with van der Waals surface area (Å²) in [6, 6.07) is 17.6. The minimum atomic E-state index is -0.183. The summed E-state index contributed by atoms with van der Waals surface area (Å²) in [4.78, 5) is 24.0. The molecule has 0 aliphatic rings. The quantitative estimate of drug-likeness (QED) is 0.216. The van der Waals surface area contributed by atoms with Gasteiger partial charge in [0.1, 0.15) is 22.2 Å². The van der Waals surface area contributed by atoms with Gasteiger partial charge in [-0.25, -0.2) is 4.98 Å². The van der Waals surface area contributed by atoms with Crippen molar-refractivity contribution in [1.29, 1.82) is 0 Å². The van der Waals surface area contributed by atoms with Gasteiger partial charge in [-0.15, -0.1) is 11.3 Å². The Kier molecular flexibility index (Phi) is 10.9. The highest BCUT2D eigenvalue weighted by Gasteiger charge is 2.17. The summed E-state index contributed by atoms with van der Waals surface area (Å²) in [5.74, 6) is 2.71. The topological polar surface area (TPSA) is 95.0 Å². The van der Waals surface area contributed by atoms with Crippen LogP contribution in [0.2, 0.25) is 0 Å². The Morgan fingerprint density at radius 3 is 2.44 bits per heavy atom. The average Bonchev–Trinajstić information content (AvgIpc) is 3.49. The fraction of sp³-hybridized carbons (Fsp3) is 0.323. The van der Waals surface area contributed by atoms with Crippen molar-refractivity contribution in [3.63, 3.8) is 0 Å². The van der Waals surface area contributed by atoms with Crippen molar-refractivity contribution in [1.82, 2.24) is 20.2 Å². The Morgan fingerprint density at radius 2 is 1.71 bits per heavy atom. The van der Waals surface area contributed by atoms with E-state index in [1.165, 1.54) is 11.3 Å². The van der Waals surface area contributed by atoms with Crippen LogP contribution >= 0.6 is 11.3 Å². The lowest BCUT2D eigenvalue weighted by Gasteiger charge is -2.23. The molecule has 4 aromatic rings. The number of benzene rings is 2. The van der Waals surface area contributed by atoms with Crippen LogP contribution in [0.15, 0.2) is 66.2 Å². The first-order valence-electron chi connectivity index (χ1n) is 13.3. The van der Waals surface area contributed by atoms with E-state index >= 15 is 0 Å². The Bertz CT molecular complexity index is 1410. The first-order chi connectivity index (χ1) is 20.0. The zero-order valence-electron chi connectivity index (χ0n) is 23.9. The Morgan fingerprint density at radius 1 is 0.878 bits per heavy atom. The van der Waals surface area contributed by atoms with Crippen LogP contribution in [0.1, 0.15) is 32.3 Å². The molecule has 0 saturated carbocycles. The highest BCUT2D eigenvalue weighted by atomic mass is 32.1. The molecule has 4 rings (SSSR count). The number of hydrogen-bond acceptors (Lipinski definition) is 9. The van der Waals surface area contributed by atoms with Crippen molar-refractivity contribution in [3.05, 3.63) is 93.7 Å². The van der Waals surface area contributed by atoms with Crippen LogP contribution in [0.5, 0.6) is 23.0 Å². The number of hydrogen-bond donors (Lipinski definition) is 1. The predicted octanol–water partition coefficient (Wildman–Crippen LogP) is 4.79. The van der Waals surface area contributed by atoms with Gasteiger partial charge in [-0.2, -0.15) is 0 Å². The Balaban J connectivity index is 1.45. The van der Waals surface area contributed by atoms with E-state index in [-0.39, 0.29) is 5.91 Å². The highest BCUT2D eigenvalue weighted by Crippen LogP contribution is 2.29. The molecule has 0 bridgehead atoms. The van der Waals surface area contributed by atoms with Gasteiger partial charge in [0.2, 0.25) is 0 Å². The van der Waals surface area contributed by atoms with E-state index in [4.69, 9.17) is 18.9 Å². The predicted molar refractivity (Wildman–Crippen MR) is 159 cm³/mol. The number of nitrogens with zero attached hydrogens (tertiary/aromatic N) is 3. The van der Waals surface area contributed by atoms with Crippen LogP contribution in [0.25, 0.3) is 0 Å². The monoisotopic (exact) mass is 576 g/mol. The van der Waals surface area contributed by atoms with Gasteiger partial charge in [0, 0.05) is 55.0 Å². The number of rotatable bonds is 15. The molecule has 1 N–H and O–H groups in total. The molecular weight excluding hydrogens is 540 g/mol. The molecule has 9 nitrogen and oxygen atoms in total. The average molecular weight is 577 g/mol. The van der Waals surface area contributed by atoms with Crippen LogP contribution in [-0.4, -0.2) is 62.3 Å². The molecule has 1 amide bonds. The van der Waals surface area contributed by atoms with Gasteiger partial charge in [0.15, 0.2) is 11.5 Å². The van der Waals surface area contributed by atoms with Crippen molar-refractivity contribution < 1.29 is 23.7 Å². The summed E-state index contributed by atoms with van der Waals surface area (Å²) >= 11 is 1.48. The van der Waals surface area contributed by atoms with Crippen LogP contribution in [0.3, 0.4) is 0 Å².